The van der Waals surface area contributed by atoms with Crippen molar-refractivity contribution in [3.8, 4) is 5.75 Å². The standard InChI is InChI=1S/C12H14F2N4OS/c1-7(2)10-17-18-12(20-10)16-5-8-3-4-9(6-15-8)19-11(13)14/h3-4,6-7,11H,5H2,1-2H3,(H,16,18). The molecule has 20 heavy (non-hydrogen) atoms. The minimum atomic E-state index is -2.84. The normalized spacial score (nSPS) is 11.1. The van der Waals surface area contributed by atoms with Crippen LogP contribution in [-0.4, -0.2) is 21.8 Å². The van der Waals surface area contributed by atoms with Crippen LogP contribution in [0.3, 0.4) is 0 Å². The van der Waals surface area contributed by atoms with Crippen molar-refractivity contribution in [2.24, 2.45) is 0 Å². The van der Waals surface area contributed by atoms with Crippen LogP contribution in [-0.2, 0) is 6.54 Å². The van der Waals surface area contributed by atoms with Crippen LogP contribution in [0.5, 0.6) is 5.75 Å². The molecule has 0 unspecified atom stereocenters. The second kappa shape index (κ2) is 6.56. The fraction of sp³-hybridized carbons (Fsp3) is 0.417. The molecule has 0 aromatic carbocycles. The van der Waals surface area contributed by atoms with E-state index in [2.05, 4.69) is 25.2 Å². The Morgan fingerprint density at radius 2 is 2.10 bits per heavy atom. The summed E-state index contributed by atoms with van der Waals surface area (Å²) in [6, 6.07) is 3.07. The lowest BCUT2D eigenvalue weighted by atomic mass is 10.2. The summed E-state index contributed by atoms with van der Waals surface area (Å²) >= 11 is 1.49. The second-order valence-electron chi connectivity index (χ2n) is 4.32. The molecule has 0 amide bonds. The van der Waals surface area contributed by atoms with Crippen LogP contribution in [0, 0.1) is 0 Å². The number of nitrogens with one attached hydrogen (secondary N) is 1. The summed E-state index contributed by atoms with van der Waals surface area (Å²) in [5, 5.41) is 12.8. The van der Waals surface area contributed by atoms with E-state index in [9.17, 15) is 8.78 Å². The van der Waals surface area contributed by atoms with Crippen LogP contribution < -0.4 is 10.1 Å². The molecule has 0 radical (unpaired) electrons. The summed E-state index contributed by atoms with van der Waals surface area (Å²) in [7, 11) is 0. The first-order valence-corrected chi connectivity index (χ1v) is 6.83. The average molecular weight is 300 g/mol. The Kier molecular flexibility index (Phi) is 4.78. The zero-order chi connectivity index (χ0) is 14.5. The van der Waals surface area contributed by atoms with Gasteiger partial charge in [0.15, 0.2) is 0 Å². The van der Waals surface area contributed by atoms with Gasteiger partial charge in [-0.1, -0.05) is 25.2 Å². The Labute approximate surface area is 119 Å². The number of rotatable bonds is 6. The van der Waals surface area contributed by atoms with Gasteiger partial charge in [-0.25, -0.2) is 0 Å². The quantitative estimate of drug-likeness (QED) is 0.887. The van der Waals surface area contributed by atoms with E-state index in [0.29, 0.717) is 23.3 Å². The molecule has 1 N–H and O–H groups in total. The molecule has 0 aliphatic heterocycles. The second-order valence-corrected chi connectivity index (χ2v) is 5.33. The largest absolute Gasteiger partial charge is 0.433 e. The minimum Gasteiger partial charge on any atom is -0.433 e. The van der Waals surface area contributed by atoms with Gasteiger partial charge in [-0.2, -0.15) is 8.78 Å². The number of anilines is 1. The molecule has 0 spiro atoms. The average Bonchev–Trinajstić information content (AvgIpc) is 2.86. The molecule has 0 saturated heterocycles. The third-order valence-electron chi connectivity index (χ3n) is 2.38. The van der Waals surface area contributed by atoms with Gasteiger partial charge in [-0.3, -0.25) is 4.98 Å². The first kappa shape index (κ1) is 14.6. The van der Waals surface area contributed by atoms with Crippen LogP contribution in [0.4, 0.5) is 13.9 Å². The van der Waals surface area contributed by atoms with Gasteiger partial charge in [-0.15, -0.1) is 10.2 Å². The van der Waals surface area contributed by atoms with Gasteiger partial charge in [0.2, 0.25) is 5.13 Å². The topological polar surface area (TPSA) is 59.9 Å². The van der Waals surface area contributed by atoms with Crippen molar-refractivity contribution in [3.63, 3.8) is 0 Å². The molecule has 2 rings (SSSR count). The van der Waals surface area contributed by atoms with Gasteiger partial charge in [0.1, 0.15) is 10.8 Å². The van der Waals surface area contributed by atoms with E-state index in [-0.39, 0.29) is 5.75 Å². The number of halogens is 2. The first-order chi connectivity index (χ1) is 9.54. The monoisotopic (exact) mass is 300 g/mol. The fourth-order valence-corrected chi connectivity index (χ4v) is 2.14. The molecule has 108 valence electrons. The number of nitrogens with zero attached hydrogens (tertiary/aromatic N) is 3. The summed E-state index contributed by atoms with van der Waals surface area (Å²) < 4.78 is 28.2. The molecule has 0 aliphatic rings. The van der Waals surface area contributed by atoms with E-state index in [1.54, 1.807) is 6.07 Å². The highest BCUT2D eigenvalue weighted by Crippen LogP contribution is 2.22. The molecule has 2 aromatic heterocycles. The highest BCUT2D eigenvalue weighted by atomic mass is 32.1. The van der Waals surface area contributed by atoms with Crippen LogP contribution in [0.25, 0.3) is 0 Å². The van der Waals surface area contributed by atoms with Gasteiger partial charge in [0.25, 0.3) is 0 Å². The molecule has 0 bridgehead atoms. The number of ether oxygens (including phenoxy) is 1. The molecule has 0 fully saturated rings. The Morgan fingerprint density at radius 1 is 1.30 bits per heavy atom. The van der Waals surface area contributed by atoms with Crippen molar-refractivity contribution in [2.45, 2.75) is 32.9 Å². The predicted molar refractivity (Wildman–Crippen MR) is 72.2 cm³/mol. The van der Waals surface area contributed by atoms with E-state index in [0.717, 1.165) is 5.01 Å². The van der Waals surface area contributed by atoms with Gasteiger partial charge in [0.05, 0.1) is 18.4 Å². The zero-order valence-electron chi connectivity index (χ0n) is 11.0. The SMILES string of the molecule is CC(C)c1nnc(NCc2ccc(OC(F)F)cn2)s1. The number of alkyl halides is 2. The lowest BCUT2D eigenvalue weighted by Gasteiger charge is -2.05. The Hall–Kier alpha value is -1.83. The van der Waals surface area contributed by atoms with E-state index in [1.165, 1.54) is 23.6 Å². The fourth-order valence-electron chi connectivity index (χ4n) is 1.39. The molecule has 8 heteroatoms. The number of pyridine rings is 1. The van der Waals surface area contributed by atoms with E-state index < -0.39 is 6.61 Å². The van der Waals surface area contributed by atoms with Crippen LogP contribution in [0.2, 0.25) is 0 Å². The van der Waals surface area contributed by atoms with Crippen LogP contribution in [0.1, 0.15) is 30.5 Å². The van der Waals surface area contributed by atoms with Crippen molar-refractivity contribution >= 4 is 16.5 Å². The maximum Gasteiger partial charge on any atom is 0.387 e. The molecule has 0 atom stereocenters. The Bertz CT molecular complexity index is 545. The summed E-state index contributed by atoms with van der Waals surface area (Å²) in [5.41, 5.74) is 0.702. The molecule has 2 aromatic rings. The summed E-state index contributed by atoms with van der Waals surface area (Å²) in [4.78, 5) is 4.02. The smallest absolute Gasteiger partial charge is 0.387 e. The zero-order valence-corrected chi connectivity index (χ0v) is 11.8. The summed E-state index contributed by atoms with van der Waals surface area (Å²) in [5.74, 6) is 0.383. The summed E-state index contributed by atoms with van der Waals surface area (Å²) in [6.07, 6.45) is 1.27. The molecular formula is C12H14F2N4OS. The maximum absolute atomic E-state index is 12.0. The minimum absolute atomic E-state index is 0.0433. The van der Waals surface area contributed by atoms with Crippen molar-refractivity contribution in [3.05, 3.63) is 29.0 Å². The Balaban J connectivity index is 1.90. The van der Waals surface area contributed by atoms with Crippen molar-refractivity contribution in [1.29, 1.82) is 0 Å². The Morgan fingerprint density at radius 3 is 2.65 bits per heavy atom. The number of aromatic nitrogens is 3. The van der Waals surface area contributed by atoms with E-state index in [1.807, 2.05) is 13.8 Å². The number of hydrogen-bond donors (Lipinski definition) is 1. The van der Waals surface area contributed by atoms with Crippen molar-refractivity contribution in [1.82, 2.24) is 15.2 Å². The molecule has 0 saturated carbocycles. The van der Waals surface area contributed by atoms with E-state index >= 15 is 0 Å². The lowest BCUT2D eigenvalue weighted by molar-refractivity contribution is -0.0500. The highest BCUT2D eigenvalue weighted by Gasteiger charge is 2.08. The van der Waals surface area contributed by atoms with Crippen LogP contribution >= 0.6 is 11.3 Å². The number of hydrogen-bond acceptors (Lipinski definition) is 6. The molecule has 5 nitrogen and oxygen atoms in total. The predicted octanol–water partition coefficient (Wildman–Crippen LogP) is 3.27. The highest BCUT2D eigenvalue weighted by molar-refractivity contribution is 7.15. The van der Waals surface area contributed by atoms with Gasteiger partial charge in [0, 0.05) is 5.92 Å². The van der Waals surface area contributed by atoms with Gasteiger partial charge < -0.3 is 10.1 Å². The summed E-state index contributed by atoms with van der Waals surface area (Å²) in [6.45, 7) is 1.71. The molecular weight excluding hydrogens is 286 g/mol. The maximum atomic E-state index is 12.0. The van der Waals surface area contributed by atoms with Gasteiger partial charge in [-0.05, 0) is 12.1 Å². The third-order valence-corrected chi connectivity index (χ3v) is 3.56. The van der Waals surface area contributed by atoms with Crippen molar-refractivity contribution in [2.75, 3.05) is 5.32 Å². The van der Waals surface area contributed by atoms with Crippen molar-refractivity contribution < 1.29 is 13.5 Å². The van der Waals surface area contributed by atoms with Gasteiger partial charge >= 0.3 is 6.61 Å². The van der Waals surface area contributed by atoms with E-state index in [4.69, 9.17) is 0 Å². The first-order valence-electron chi connectivity index (χ1n) is 6.01. The third kappa shape index (κ3) is 4.09. The lowest BCUT2D eigenvalue weighted by Crippen LogP contribution is -2.04. The molecule has 0 aliphatic carbocycles. The molecule has 2 heterocycles. The van der Waals surface area contributed by atoms with Crippen LogP contribution in [0.15, 0.2) is 18.3 Å².